The number of benzene rings is 1. The summed E-state index contributed by atoms with van der Waals surface area (Å²) < 4.78 is 15.9. The Labute approximate surface area is 168 Å². The highest BCUT2D eigenvalue weighted by atomic mass is 16.7. The summed E-state index contributed by atoms with van der Waals surface area (Å²) in [4.78, 5) is 17.2. The Morgan fingerprint density at radius 3 is 2.54 bits per heavy atom. The van der Waals surface area contributed by atoms with E-state index in [1.165, 1.54) is 7.11 Å². The summed E-state index contributed by atoms with van der Waals surface area (Å²) in [6.07, 6.45) is 6.04. The van der Waals surface area contributed by atoms with Gasteiger partial charge < -0.3 is 19.0 Å². The number of hydrogen-bond donors (Lipinski definition) is 0. The predicted molar refractivity (Wildman–Crippen MR) is 108 cm³/mol. The Hall–Kier alpha value is -1.92. The number of esters is 1. The van der Waals surface area contributed by atoms with E-state index < -0.39 is 11.8 Å². The molecule has 1 aromatic rings. The molecule has 1 fully saturated rings. The van der Waals surface area contributed by atoms with Crippen LogP contribution in [0.5, 0.6) is 0 Å². The van der Waals surface area contributed by atoms with Crippen molar-refractivity contribution in [3.8, 4) is 0 Å². The summed E-state index contributed by atoms with van der Waals surface area (Å²) in [6.45, 7) is 5.37. The largest absolute Gasteiger partial charge is 0.465 e. The van der Waals surface area contributed by atoms with E-state index in [1.807, 2.05) is 18.2 Å². The van der Waals surface area contributed by atoms with E-state index in [9.17, 15) is 4.79 Å². The molecular formula is C22H33NO5. The van der Waals surface area contributed by atoms with Crippen molar-refractivity contribution in [3.63, 3.8) is 0 Å². The maximum Gasteiger partial charge on any atom is 0.366 e. The molecule has 0 saturated carbocycles. The van der Waals surface area contributed by atoms with Crippen molar-refractivity contribution in [2.45, 2.75) is 58.2 Å². The van der Waals surface area contributed by atoms with Gasteiger partial charge in [0.15, 0.2) is 0 Å². The molecule has 0 aromatic heterocycles. The van der Waals surface area contributed by atoms with Crippen LogP contribution in [0.15, 0.2) is 35.5 Å². The van der Waals surface area contributed by atoms with E-state index in [0.717, 1.165) is 49.8 Å². The molecule has 1 saturated heterocycles. The van der Waals surface area contributed by atoms with Crippen LogP contribution in [0.25, 0.3) is 0 Å². The molecule has 0 aliphatic carbocycles. The summed E-state index contributed by atoms with van der Waals surface area (Å²) in [7, 11) is 1.33. The maximum atomic E-state index is 11.6. The number of methoxy groups -OCH3 is 1. The zero-order valence-corrected chi connectivity index (χ0v) is 17.3. The number of rotatable bonds is 11. The van der Waals surface area contributed by atoms with Crippen LogP contribution in [-0.2, 0) is 23.8 Å². The molecule has 1 aromatic carbocycles. The van der Waals surface area contributed by atoms with Crippen LogP contribution in [-0.4, -0.2) is 44.4 Å². The molecule has 0 N–H and O–H groups in total. The lowest BCUT2D eigenvalue weighted by Gasteiger charge is -2.35. The standard InChI is InChI=1S/C22H33NO5/c1-4-5-14-20(19-12-7-6-8-13-19)23-28-15-10-9-11-18-16-26-22(2,27-17-18)21(24)25-3/h6-8,12-13,18H,4-5,9-11,14-17H2,1-3H3/b23-20-. The fraction of sp³-hybridized carbons (Fsp3) is 0.636. The third-order valence-corrected chi connectivity index (χ3v) is 4.89. The number of hydrogen-bond acceptors (Lipinski definition) is 6. The van der Waals surface area contributed by atoms with Crippen LogP contribution in [0.1, 0.15) is 57.9 Å². The summed E-state index contributed by atoms with van der Waals surface area (Å²) in [5, 5.41) is 4.38. The normalized spacial score (nSPS) is 22.7. The van der Waals surface area contributed by atoms with Crippen LogP contribution in [0, 0.1) is 5.92 Å². The minimum absolute atomic E-state index is 0.283. The van der Waals surface area contributed by atoms with Crippen molar-refractivity contribution >= 4 is 11.7 Å². The van der Waals surface area contributed by atoms with Gasteiger partial charge in [-0.2, -0.15) is 0 Å². The summed E-state index contributed by atoms with van der Waals surface area (Å²) in [5.74, 6) is -1.48. The number of oxime groups is 1. The minimum Gasteiger partial charge on any atom is -0.465 e. The van der Waals surface area contributed by atoms with Crippen LogP contribution in [0.4, 0.5) is 0 Å². The van der Waals surface area contributed by atoms with Crippen molar-refractivity contribution in [3.05, 3.63) is 35.9 Å². The first-order valence-electron chi connectivity index (χ1n) is 10.2. The van der Waals surface area contributed by atoms with E-state index >= 15 is 0 Å². The van der Waals surface area contributed by atoms with E-state index in [0.29, 0.717) is 19.8 Å². The minimum atomic E-state index is -1.27. The SMILES string of the molecule is CCCC/C(=N/OCCCCC1COC(C)(C(=O)OC)OC1)c1ccccc1. The van der Waals surface area contributed by atoms with Gasteiger partial charge in [0.1, 0.15) is 6.61 Å². The fourth-order valence-corrected chi connectivity index (χ4v) is 3.05. The summed E-state index contributed by atoms with van der Waals surface area (Å²) >= 11 is 0. The second kappa shape index (κ2) is 11.8. The molecule has 2 rings (SSSR count). The van der Waals surface area contributed by atoms with Gasteiger partial charge >= 0.3 is 5.97 Å². The Bertz CT molecular complexity index is 609. The van der Waals surface area contributed by atoms with Crippen molar-refractivity contribution in [1.29, 1.82) is 0 Å². The van der Waals surface area contributed by atoms with Crippen LogP contribution in [0.2, 0.25) is 0 Å². The fourth-order valence-electron chi connectivity index (χ4n) is 3.05. The first-order valence-corrected chi connectivity index (χ1v) is 10.2. The number of ether oxygens (including phenoxy) is 3. The van der Waals surface area contributed by atoms with Crippen molar-refractivity contribution in [2.75, 3.05) is 26.9 Å². The molecule has 28 heavy (non-hydrogen) atoms. The van der Waals surface area contributed by atoms with Gasteiger partial charge in [0.2, 0.25) is 0 Å². The highest BCUT2D eigenvalue weighted by Crippen LogP contribution is 2.25. The van der Waals surface area contributed by atoms with Gasteiger partial charge in [0, 0.05) is 12.8 Å². The first kappa shape index (κ1) is 22.4. The Balaban J connectivity index is 1.67. The Morgan fingerprint density at radius 2 is 1.89 bits per heavy atom. The zero-order chi connectivity index (χ0) is 20.2. The predicted octanol–water partition coefficient (Wildman–Crippen LogP) is 4.32. The van der Waals surface area contributed by atoms with Crippen LogP contribution >= 0.6 is 0 Å². The van der Waals surface area contributed by atoms with Gasteiger partial charge in [0.05, 0.1) is 26.0 Å². The van der Waals surface area contributed by atoms with Gasteiger partial charge in [-0.15, -0.1) is 0 Å². The monoisotopic (exact) mass is 391 g/mol. The molecule has 6 heteroatoms. The van der Waals surface area contributed by atoms with Gasteiger partial charge in [0.25, 0.3) is 5.79 Å². The lowest BCUT2D eigenvalue weighted by atomic mass is 10.0. The molecule has 1 heterocycles. The molecule has 0 atom stereocenters. The number of carbonyl (C=O) groups is 1. The molecule has 0 unspecified atom stereocenters. The molecule has 6 nitrogen and oxygen atoms in total. The van der Waals surface area contributed by atoms with E-state index in [2.05, 4.69) is 24.2 Å². The summed E-state index contributed by atoms with van der Waals surface area (Å²) in [5.41, 5.74) is 2.14. The molecule has 0 radical (unpaired) electrons. The zero-order valence-electron chi connectivity index (χ0n) is 17.3. The molecule has 0 spiro atoms. The van der Waals surface area contributed by atoms with Gasteiger partial charge in [-0.1, -0.05) is 48.8 Å². The van der Waals surface area contributed by atoms with Crippen LogP contribution in [0.3, 0.4) is 0 Å². The first-order chi connectivity index (χ1) is 13.6. The molecule has 1 aliphatic rings. The van der Waals surface area contributed by atoms with Gasteiger partial charge in [-0.25, -0.2) is 4.79 Å². The highest BCUT2D eigenvalue weighted by Gasteiger charge is 2.41. The van der Waals surface area contributed by atoms with E-state index in [-0.39, 0.29) is 5.92 Å². The van der Waals surface area contributed by atoms with Crippen molar-refractivity contribution in [2.24, 2.45) is 11.1 Å². The quantitative estimate of drug-likeness (QED) is 0.243. The summed E-state index contributed by atoms with van der Waals surface area (Å²) in [6, 6.07) is 10.2. The van der Waals surface area contributed by atoms with E-state index in [4.69, 9.17) is 19.0 Å². The lowest BCUT2D eigenvalue weighted by molar-refractivity contribution is -0.272. The molecular weight excluding hydrogens is 358 g/mol. The second-order valence-corrected chi connectivity index (χ2v) is 7.26. The molecule has 1 aliphatic heterocycles. The Morgan fingerprint density at radius 1 is 1.18 bits per heavy atom. The number of carbonyl (C=O) groups excluding carboxylic acids is 1. The molecule has 156 valence electrons. The molecule has 0 bridgehead atoms. The van der Waals surface area contributed by atoms with Crippen molar-refractivity contribution < 1.29 is 23.8 Å². The smallest absolute Gasteiger partial charge is 0.366 e. The topological polar surface area (TPSA) is 66.4 Å². The van der Waals surface area contributed by atoms with Gasteiger partial charge in [-0.05, 0) is 37.7 Å². The maximum absolute atomic E-state index is 11.6. The number of nitrogens with zero attached hydrogens (tertiary/aromatic N) is 1. The molecule has 0 amide bonds. The average Bonchev–Trinajstić information content (AvgIpc) is 2.74. The number of unbranched alkanes of at least 4 members (excludes halogenated alkanes) is 2. The van der Waals surface area contributed by atoms with Gasteiger partial charge in [-0.3, -0.25) is 0 Å². The third-order valence-electron chi connectivity index (χ3n) is 4.89. The van der Waals surface area contributed by atoms with E-state index in [1.54, 1.807) is 6.92 Å². The van der Waals surface area contributed by atoms with Crippen LogP contribution < -0.4 is 0 Å². The Kier molecular flexibility index (Phi) is 9.44. The average molecular weight is 392 g/mol. The second-order valence-electron chi connectivity index (χ2n) is 7.26. The lowest BCUT2D eigenvalue weighted by Crippen LogP contribution is -2.48. The third kappa shape index (κ3) is 6.91. The van der Waals surface area contributed by atoms with Crippen molar-refractivity contribution in [1.82, 2.24) is 0 Å². The highest BCUT2D eigenvalue weighted by molar-refractivity contribution is 6.00.